The monoisotopic (exact) mass is 332 g/mol. The molecule has 3 unspecified atom stereocenters. The number of alkyl halides is 4. The van der Waals surface area contributed by atoms with Crippen molar-refractivity contribution in [3.05, 3.63) is 0 Å². The summed E-state index contributed by atoms with van der Waals surface area (Å²) in [5.74, 6) is 0. The zero-order valence-electron chi connectivity index (χ0n) is 9.63. The molecule has 0 rings (SSSR count). The van der Waals surface area contributed by atoms with Crippen LogP contribution in [0.1, 0.15) is 6.92 Å². The van der Waals surface area contributed by atoms with Crippen molar-refractivity contribution in [1.82, 2.24) is 0 Å². The van der Waals surface area contributed by atoms with Crippen LogP contribution in [0, 0.1) is 0 Å². The molecule has 6 nitrogen and oxygen atoms in total. The third-order valence-corrected chi connectivity index (χ3v) is 4.20. The lowest BCUT2D eigenvalue weighted by Crippen LogP contribution is -2.30. The van der Waals surface area contributed by atoms with Crippen LogP contribution in [0.2, 0.25) is 0 Å². The minimum absolute atomic E-state index is 0.959. The fourth-order valence-electron chi connectivity index (χ4n) is 0.736. The van der Waals surface area contributed by atoms with Crippen LogP contribution in [0.5, 0.6) is 0 Å². The molecule has 0 amide bonds. The third-order valence-electron chi connectivity index (χ3n) is 1.63. The second-order valence-electron chi connectivity index (χ2n) is 3.31. The molecule has 0 N–H and O–H groups in total. The Labute approximate surface area is 107 Å². The van der Waals surface area contributed by atoms with E-state index in [9.17, 15) is 34.4 Å². The average molecular weight is 332 g/mol. The number of halogens is 4. The van der Waals surface area contributed by atoms with Crippen LogP contribution in [-0.4, -0.2) is 53.9 Å². The third kappa shape index (κ3) is 6.01. The molecule has 0 aliphatic rings. The SMILES string of the molecule is CC(COS(=O)(=O)C(F)CF)OS(=O)(=O)C(F)CF. The molecule has 0 aliphatic heterocycles. The van der Waals surface area contributed by atoms with E-state index >= 15 is 0 Å². The lowest BCUT2D eigenvalue weighted by Gasteiger charge is -2.14. The first kappa shape index (κ1) is 18.5. The van der Waals surface area contributed by atoms with E-state index in [1.54, 1.807) is 0 Å². The first-order valence-electron chi connectivity index (χ1n) is 4.77. The second kappa shape index (κ2) is 7.36. The summed E-state index contributed by atoms with van der Waals surface area (Å²) in [7, 11) is -9.76. The zero-order valence-corrected chi connectivity index (χ0v) is 11.3. The summed E-state index contributed by atoms with van der Waals surface area (Å²) >= 11 is 0. The lowest BCUT2D eigenvalue weighted by molar-refractivity contribution is 0.138. The molecule has 0 saturated carbocycles. The van der Waals surface area contributed by atoms with Crippen LogP contribution in [0.3, 0.4) is 0 Å². The van der Waals surface area contributed by atoms with Gasteiger partial charge in [-0.05, 0) is 6.92 Å². The van der Waals surface area contributed by atoms with Crippen molar-refractivity contribution >= 4 is 20.2 Å². The average Bonchev–Trinajstić information content (AvgIpc) is 2.33. The van der Waals surface area contributed by atoms with E-state index in [2.05, 4.69) is 8.37 Å². The van der Waals surface area contributed by atoms with Gasteiger partial charge in [-0.25, -0.2) is 17.6 Å². The Morgan fingerprint density at radius 2 is 1.37 bits per heavy atom. The van der Waals surface area contributed by atoms with Gasteiger partial charge in [0.2, 0.25) is 0 Å². The molecule has 3 atom stereocenters. The van der Waals surface area contributed by atoms with Gasteiger partial charge in [-0.2, -0.15) is 16.8 Å². The van der Waals surface area contributed by atoms with E-state index in [4.69, 9.17) is 0 Å². The molecule has 0 spiro atoms. The number of hydrogen-bond donors (Lipinski definition) is 0. The van der Waals surface area contributed by atoms with Gasteiger partial charge < -0.3 is 0 Å². The van der Waals surface area contributed by atoms with Crippen LogP contribution in [0.4, 0.5) is 17.6 Å². The van der Waals surface area contributed by atoms with Crippen molar-refractivity contribution in [2.75, 3.05) is 20.0 Å². The van der Waals surface area contributed by atoms with Crippen molar-refractivity contribution in [2.45, 2.75) is 24.0 Å². The van der Waals surface area contributed by atoms with Gasteiger partial charge in [0.05, 0.1) is 12.7 Å². The van der Waals surface area contributed by atoms with Crippen molar-refractivity contribution < 1.29 is 42.8 Å². The topological polar surface area (TPSA) is 86.7 Å². The molecule has 0 aromatic rings. The Morgan fingerprint density at radius 3 is 1.79 bits per heavy atom. The molecular weight excluding hydrogens is 320 g/mol. The molecule has 12 heteroatoms. The summed E-state index contributed by atoms with van der Waals surface area (Å²) in [5, 5.41) is 0. The molecule has 0 fully saturated rings. The molecule has 0 aromatic heterocycles. The number of hydrogen-bond acceptors (Lipinski definition) is 6. The Bertz CT molecular complexity index is 464. The smallest absolute Gasteiger partial charge is 0.265 e. The van der Waals surface area contributed by atoms with Crippen molar-refractivity contribution in [3.8, 4) is 0 Å². The van der Waals surface area contributed by atoms with Crippen LogP contribution in [-0.2, 0) is 28.6 Å². The molecule has 0 aliphatic carbocycles. The van der Waals surface area contributed by atoms with Gasteiger partial charge in [-0.1, -0.05) is 0 Å². The summed E-state index contributed by atoms with van der Waals surface area (Å²) in [6, 6.07) is 0. The molecule has 19 heavy (non-hydrogen) atoms. The predicted molar refractivity (Wildman–Crippen MR) is 56.1 cm³/mol. The highest BCUT2D eigenvalue weighted by molar-refractivity contribution is 7.87. The fourth-order valence-corrected chi connectivity index (χ4v) is 2.21. The van der Waals surface area contributed by atoms with E-state index in [1.807, 2.05) is 0 Å². The summed E-state index contributed by atoms with van der Waals surface area (Å²) in [6.07, 6.45) is -1.53. The Hall–Kier alpha value is -0.460. The Balaban J connectivity index is 4.47. The van der Waals surface area contributed by atoms with E-state index < -0.39 is 57.3 Å². The molecule has 116 valence electrons. The normalized spacial score (nSPS) is 17.9. The van der Waals surface area contributed by atoms with Crippen LogP contribution in [0.25, 0.3) is 0 Å². The van der Waals surface area contributed by atoms with Gasteiger partial charge in [0, 0.05) is 0 Å². The van der Waals surface area contributed by atoms with E-state index in [0.29, 0.717) is 0 Å². The van der Waals surface area contributed by atoms with Gasteiger partial charge >= 0.3 is 20.2 Å². The molecule has 0 radical (unpaired) electrons. The summed E-state index contributed by atoms with van der Waals surface area (Å²) < 4.78 is 100. The summed E-state index contributed by atoms with van der Waals surface area (Å²) in [4.78, 5) is 0. The lowest BCUT2D eigenvalue weighted by atomic mass is 10.5. The minimum Gasteiger partial charge on any atom is -0.265 e. The quantitative estimate of drug-likeness (QED) is 0.454. The maximum atomic E-state index is 12.6. The van der Waals surface area contributed by atoms with Crippen LogP contribution < -0.4 is 0 Å². The second-order valence-corrected chi connectivity index (χ2v) is 6.73. The first-order valence-corrected chi connectivity index (χ1v) is 7.71. The number of rotatable bonds is 9. The summed E-state index contributed by atoms with van der Waals surface area (Å²) in [6.45, 7) is -3.73. The highest BCUT2D eigenvalue weighted by Gasteiger charge is 2.31. The van der Waals surface area contributed by atoms with Crippen molar-refractivity contribution in [1.29, 1.82) is 0 Å². The predicted octanol–water partition coefficient (Wildman–Crippen LogP) is 0.598. The fraction of sp³-hybridized carbons (Fsp3) is 1.00. The molecule has 0 bridgehead atoms. The van der Waals surface area contributed by atoms with E-state index in [1.165, 1.54) is 0 Å². The Morgan fingerprint density at radius 1 is 0.947 bits per heavy atom. The van der Waals surface area contributed by atoms with E-state index in [0.717, 1.165) is 6.92 Å². The largest absolute Gasteiger partial charge is 0.303 e. The van der Waals surface area contributed by atoms with Crippen LogP contribution in [0.15, 0.2) is 0 Å². The highest BCUT2D eigenvalue weighted by atomic mass is 32.2. The van der Waals surface area contributed by atoms with Gasteiger partial charge in [-0.3, -0.25) is 8.37 Å². The van der Waals surface area contributed by atoms with Gasteiger partial charge in [-0.15, -0.1) is 0 Å². The maximum absolute atomic E-state index is 12.6. The Kier molecular flexibility index (Phi) is 7.18. The first-order chi connectivity index (χ1) is 8.56. The maximum Gasteiger partial charge on any atom is 0.303 e. The molecule has 0 heterocycles. The molecular formula is C7H12F4O6S2. The molecule has 0 saturated heterocycles. The van der Waals surface area contributed by atoms with Gasteiger partial charge in [0.1, 0.15) is 13.3 Å². The summed E-state index contributed by atoms with van der Waals surface area (Å²) in [5.41, 5.74) is -5.85. The minimum atomic E-state index is -4.89. The zero-order chi connectivity index (χ0) is 15.3. The van der Waals surface area contributed by atoms with Crippen molar-refractivity contribution in [2.24, 2.45) is 0 Å². The van der Waals surface area contributed by atoms with Crippen LogP contribution >= 0.6 is 0 Å². The van der Waals surface area contributed by atoms with Gasteiger partial charge in [0.15, 0.2) is 0 Å². The van der Waals surface area contributed by atoms with E-state index in [-0.39, 0.29) is 0 Å². The standard InChI is InChI=1S/C7H12F4O6S2/c1-5(17-19(14,15)7(11)3-9)4-16-18(12,13)6(10)2-8/h5-7H,2-4H2,1H3. The van der Waals surface area contributed by atoms with Gasteiger partial charge in [0.25, 0.3) is 11.0 Å². The highest BCUT2D eigenvalue weighted by Crippen LogP contribution is 2.12. The molecule has 0 aromatic carbocycles. The van der Waals surface area contributed by atoms with Crippen molar-refractivity contribution in [3.63, 3.8) is 0 Å².